The van der Waals surface area contributed by atoms with Gasteiger partial charge in [-0.25, -0.2) is 9.97 Å². The topological polar surface area (TPSA) is 52.6 Å². The largest absolute Gasteiger partial charge is 0.342 e. The minimum atomic E-state index is 0.209. The first-order valence-corrected chi connectivity index (χ1v) is 12.8. The van der Waals surface area contributed by atoms with E-state index in [-0.39, 0.29) is 5.91 Å². The summed E-state index contributed by atoms with van der Waals surface area (Å²) in [5.41, 5.74) is 4.73. The molecule has 0 N–H and O–H groups in total. The van der Waals surface area contributed by atoms with Gasteiger partial charge in [-0.05, 0) is 41.9 Å². The monoisotopic (exact) mass is 447 g/mol. The third kappa shape index (κ3) is 5.06. The molecule has 1 aromatic heterocycles. The van der Waals surface area contributed by atoms with Gasteiger partial charge in [0.25, 0.3) is 0 Å². The zero-order valence-corrected chi connectivity index (χ0v) is 20.2. The molecule has 0 unspecified atom stereocenters. The Labute approximate surface area is 198 Å². The first-order valence-electron chi connectivity index (χ1n) is 12.8. The molecule has 6 nitrogen and oxygen atoms in total. The summed E-state index contributed by atoms with van der Waals surface area (Å²) in [6.45, 7) is 10.1. The van der Waals surface area contributed by atoms with Gasteiger partial charge in [-0.3, -0.25) is 9.69 Å². The van der Waals surface area contributed by atoms with E-state index in [9.17, 15) is 4.79 Å². The van der Waals surface area contributed by atoms with Crippen LogP contribution in [0.5, 0.6) is 0 Å². The zero-order chi connectivity index (χ0) is 22.8. The fraction of sp³-hybridized carbons (Fsp3) is 0.593. The normalized spacial score (nSPS) is 19.8. The number of carbonyl (C=O) groups is 1. The van der Waals surface area contributed by atoms with Crippen molar-refractivity contribution in [1.29, 1.82) is 0 Å². The van der Waals surface area contributed by atoms with Gasteiger partial charge >= 0.3 is 0 Å². The summed E-state index contributed by atoms with van der Waals surface area (Å²) in [6.07, 6.45) is 8.25. The number of anilines is 1. The highest BCUT2D eigenvalue weighted by molar-refractivity contribution is 5.79. The van der Waals surface area contributed by atoms with Crippen LogP contribution in [0, 0.1) is 0 Å². The van der Waals surface area contributed by atoms with Crippen LogP contribution in [-0.4, -0.2) is 71.0 Å². The van der Waals surface area contributed by atoms with Gasteiger partial charge in [0.2, 0.25) is 11.9 Å². The Bertz CT molecular complexity index is 961. The fourth-order valence-corrected chi connectivity index (χ4v) is 5.21. The average molecular weight is 448 g/mol. The van der Waals surface area contributed by atoms with Crippen LogP contribution >= 0.6 is 0 Å². The van der Waals surface area contributed by atoms with Crippen LogP contribution < -0.4 is 4.90 Å². The molecule has 1 aromatic carbocycles. The number of hydrogen-bond acceptors (Lipinski definition) is 5. The maximum atomic E-state index is 13.0. The fourth-order valence-electron chi connectivity index (χ4n) is 5.21. The van der Waals surface area contributed by atoms with Gasteiger partial charge < -0.3 is 9.80 Å². The van der Waals surface area contributed by atoms with Crippen molar-refractivity contribution in [1.82, 2.24) is 19.8 Å². The average Bonchev–Trinajstić information content (AvgIpc) is 3.01. The molecule has 0 bridgehead atoms. The first-order chi connectivity index (χ1) is 16.1. The highest BCUT2D eigenvalue weighted by Crippen LogP contribution is 2.26. The minimum absolute atomic E-state index is 0.209. The predicted molar refractivity (Wildman–Crippen MR) is 132 cm³/mol. The van der Waals surface area contributed by atoms with Crippen molar-refractivity contribution in [3.63, 3.8) is 0 Å². The molecule has 33 heavy (non-hydrogen) atoms. The second-order valence-corrected chi connectivity index (χ2v) is 10.2. The maximum absolute atomic E-state index is 13.0. The van der Waals surface area contributed by atoms with Crippen molar-refractivity contribution >= 4 is 11.9 Å². The van der Waals surface area contributed by atoms with Gasteiger partial charge in [-0.2, -0.15) is 0 Å². The molecule has 2 aromatic rings. The summed E-state index contributed by atoms with van der Waals surface area (Å²) in [6, 6.07) is 9.31. The number of amides is 1. The lowest BCUT2D eigenvalue weighted by atomic mass is 9.91. The molecular formula is C27H37N5O. The number of hydrogen-bond donors (Lipinski definition) is 0. The molecule has 5 rings (SSSR count). The molecule has 1 saturated heterocycles. The summed E-state index contributed by atoms with van der Waals surface area (Å²) < 4.78 is 0. The Morgan fingerprint density at radius 1 is 1.00 bits per heavy atom. The van der Waals surface area contributed by atoms with Gasteiger partial charge in [0.1, 0.15) is 0 Å². The van der Waals surface area contributed by atoms with E-state index >= 15 is 0 Å². The van der Waals surface area contributed by atoms with E-state index in [0.29, 0.717) is 12.3 Å². The highest BCUT2D eigenvalue weighted by atomic mass is 16.2. The SMILES string of the molecule is CC(C)c1ccc(CC(=O)N2CCc3cnc(N4CCN(C5CCC5)CC4)nc3CC2)cc1. The van der Waals surface area contributed by atoms with Crippen LogP contribution in [0.15, 0.2) is 30.5 Å². The summed E-state index contributed by atoms with van der Waals surface area (Å²) in [5, 5.41) is 0. The Morgan fingerprint density at radius 3 is 2.39 bits per heavy atom. The van der Waals surface area contributed by atoms with Crippen molar-refractivity contribution in [3.05, 3.63) is 52.8 Å². The van der Waals surface area contributed by atoms with Gasteiger partial charge in [-0.1, -0.05) is 44.5 Å². The van der Waals surface area contributed by atoms with E-state index < -0.39 is 0 Å². The Hall–Kier alpha value is -2.47. The van der Waals surface area contributed by atoms with E-state index in [1.165, 1.54) is 30.4 Å². The Morgan fingerprint density at radius 2 is 1.73 bits per heavy atom. The van der Waals surface area contributed by atoms with Crippen LogP contribution in [0.1, 0.15) is 61.4 Å². The van der Waals surface area contributed by atoms with E-state index in [4.69, 9.17) is 9.97 Å². The summed E-state index contributed by atoms with van der Waals surface area (Å²) in [5.74, 6) is 1.59. The molecule has 6 heteroatoms. The summed E-state index contributed by atoms with van der Waals surface area (Å²) in [7, 11) is 0. The van der Waals surface area contributed by atoms with Crippen LogP contribution in [0.4, 0.5) is 5.95 Å². The standard InChI is InChI=1S/C27H37N5O/c1-20(2)22-8-6-21(7-9-22)18-26(33)31-12-10-23-19-28-27(29-25(23)11-13-31)32-16-14-30(15-17-32)24-4-3-5-24/h6-9,19-20,24H,3-5,10-18H2,1-2H3. The molecule has 3 aliphatic rings. The lowest BCUT2D eigenvalue weighted by Crippen LogP contribution is -2.52. The molecule has 1 aliphatic carbocycles. The molecule has 2 aliphatic heterocycles. The van der Waals surface area contributed by atoms with E-state index in [1.54, 1.807) is 0 Å². The predicted octanol–water partition coefficient (Wildman–Crippen LogP) is 3.44. The van der Waals surface area contributed by atoms with E-state index in [1.807, 2.05) is 11.1 Å². The highest BCUT2D eigenvalue weighted by Gasteiger charge is 2.29. The van der Waals surface area contributed by atoms with Crippen LogP contribution in [0.3, 0.4) is 0 Å². The Kier molecular flexibility index (Phi) is 6.63. The van der Waals surface area contributed by atoms with E-state index in [0.717, 1.165) is 75.4 Å². The summed E-state index contributed by atoms with van der Waals surface area (Å²) in [4.78, 5) is 29.7. The number of carbonyl (C=O) groups excluding carboxylic acids is 1. The van der Waals surface area contributed by atoms with Crippen LogP contribution in [0.25, 0.3) is 0 Å². The maximum Gasteiger partial charge on any atom is 0.227 e. The number of aromatic nitrogens is 2. The minimum Gasteiger partial charge on any atom is -0.342 e. The second kappa shape index (κ2) is 9.80. The lowest BCUT2D eigenvalue weighted by molar-refractivity contribution is -0.130. The third-order valence-corrected chi connectivity index (χ3v) is 7.75. The first kappa shape index (κ1) is 22.3. The van der Waals surface area contributed by atoms with E-state index in [2.05, 4.69) is 47.9 Å². The lowest BCUT2D eigenvalue weighted by Gasteiger charge is -2.43. The van der Waals surface area contributed by atoms with Gasteiger partial charge in [0.05, 0.1) is 12.1 Å². The van der Waals surface area contributed by atoms with Crippen LogP contribution in [0.2, 0.25) is 0 Å². The smallest absolute Gasteiger partial charge is 0.227 e. The molecule has 176 valence electrons. The molecule has 3 heterocycles. The van der Waals surface area contributed by atoms with Crippen molar-refractivity contribution in [2.45, 2.75) is 64.3 Å². The molecule has 2 fully saturated rings. The molecule has 0 spiro atoms. The Balaban J connectivity index is 1.17. The van der Waals surface area contributed by atoms with Gasteiger partial charge in [0, 0.05) is 57.9 Å². The molecular weight excluding hydrogens is 410 g/mol. The molecule has 0 radical (unpaired) electrons. The van der Waals surface area contributed by atoms with Crippen LogP contribution in [-0.2, 0) is 24.1 Å². The second-order valence-electron chi connectivity index (χ2n) is 10.2. The number of rotatable bonds is 5. The molecule has 1 saturated carbocycles. The van der Waals surface area contributed by atoms with Crippen molar-refractivity contribution in [2.75, 3.05) is 44.2 Å². The van der Waals surface area contributed by atoms with Gasteiger partial charge in [-0.15, -0.1) is 0 Å². The van der Waals surface area contributed by atoms with Crippen molar-refractivity contribution in [2.24, 2.45) is 0 Å². The number of benzene rings is 1. The third-order valence-electron chi connectivity index (χ3n) is 7.75. The van der Waals surface area contributed by atoms with Gasteiger partial charge in [0.15, 0.2) is 0 Å². The molecule has 1 amide bonds. The quantitative estimate of drug-likeness (QED) is 0.703. The van der Waals surface area contributed by atoms with Crippen molar-refractivity contribution < 1.29 is 4.79 Å². The summed E-state index contributed by atoms with van der Waals surface area (Å²) >= 11 is 0. The van der Waals surface area contributed by atoms with Crippen molar-refractivity contribution in [3.8, 4) is 0 Å². The number of nitrogens with zero attached hydrogens (tertiary/aromatic N) is 5. The zero-order valence-electron chi connectivity index (χ0n) is 20.2. The number of piperazine rings is 1. The molecule has 0 atom stereocenters. The number of fused-ring (bicyclic) bond motifs is 1.